The number of anilines is 1. The Balaban J connectivity index is 1.66. The Morgan fingerprint density at radius 2 is 1.96 bits per heavy atom. The lowest BCUT2D eigenvalue weighted by Crippen LogP contribution is -2.25. The lowest BCUT2D eigenvalue weighted by atomic mass is 10.1. The Kier molecular flexibility index (Phi) is 4.41. The van der Waals surface area contributed by atoms with E-state index in [-0.39, 0.29) is 18.1 Å². The molecule has 136 valence electrons. The zero-order valence-electron chi connectivity index (χ0n) is 13.7. The van der Waals surface area contributed by atoms with Crippen LogP contribution in [0.5, 0.6) is 0 Å². The largest absolute Gasteiger partial charge is 0.510 e. The van der Waals surface area contributed by atoms with Crippen LogP contribution >= 0.6 is 22.9 Å². The highest BCUT2D eigenvalue weighted by molar-refractivity contribution is 7.11. The van der Waals surface area contributed by atoms with Gasteiger partial charge in [0.15, 0.2) is 11.6 Å². The second-order valence-corrected chi connectivity index (χ2v) is 7.20. The van der Waals surface area contributed by atoms with Crippen LogP contribution in [0, 0.1) is 17.0 Å². The number of amidine groups is 1. The summed E-state index contributed by atoms with van der Waals surface area (Å²) >= 11 is 7.24. The summed E-state index contributed by atoms with van der Waals surface area (Å²) in [6.45, 7) is 0.134. The molecule has 27 heavy (non-hydrogen) atoms. The van der Waals surface area contributed by atoms with E-state index >= 15 is 0 Å². The minimum atomic E-state index is -0.954. The fourth-order valence-electron chi connectivity index (χ4n) is 2.85. The number of benzene rings is 2. The maximum atomic E-state index is 13.5. The van der Waals surface area contributed by atoms with Gasteiger partial charge in [0, 0.05) is 21.7 Å². The highest BCUT2D eigenvalue weighted by Gasteiger charge is 2.31. The molecule has 2 heterocycles. The fraction of sp³-hybridized carbons (Fsp3) is 0.0526. The zero-order valence-corrected chi connectivity index (χ0v) is 15.3. The van der Waals surface area contributed by atoms with E-state index in [9.17, 15) is 13.9 Å². The van der Waals surface area contributed by atoms with Gasteiger partial charge in [0.1, 0.15) is 16.6 Å². The molecule has 0 aliphatic carbocycles. The van der Waals surface area contributed by atoms with Gasteiger partial charge in [-0.3, -0.25) is 5.41 Å². The molecule has 8 heteroatoms. The molecule has 1 aromatic heterocycles. The maximum absolute atomic E-state index is 13.5. The Morgan fingerprint density at radius 1 is 1.15 bits per heavy atom. The first-order chi connectivity index (χ1) is 12.9. The molecular weight excluding hydrogens is 392 g/mol. The average molecular weight is 404 g/mol. The number of aromatic nitrogens is 1. The molecule has 0 saturated heterocycles. The number of rotatable bonds is 3. The molecule has 0 atom stereocenters. The van der Waals surface area contributed by atoms with E-state index in [4.69, 9.17) is 17.0 Å². The summed E-state index contributed by atoms with van der Waals surface area (Å²) in [6.07, 6.45) is 0. The van der Waals surface area contributed by atoms with Crippen LogP contribution in [-0.4, -0.2) is 22.5 Å². The van der Waals surface area contributed by atoms with E-state index in [1.807, 2.05) is 0 Å². The van der Waals surface area contributed by atoms with E-state index in [0.29, 0.717) is 32.5 Å². The van der Waals surface area contributed by atoms with Gasteiger partial charge in [-0.1, -0.05) is 17.7 Å². The van der Waals surface area contributed by atoms with E-state index in [0.717, 1.165) is 12.1 Å². The quantitative estimate of drug-likeness (QED) is 0.606. The van der Waals surface area contributed by atoms with Gasteiger partial charge in [-0.15, -0.1) is 11.3 Å². The van der Waals surface area contributed by atoms with Gasteiger partial charge in [0.05, 0.1) is 17.8 Å². The molecule has 0 fully saturated rings. The minimum Gasteiger partial charge on any atom is -0.510 e. The molecule has 4 nitrogen and oxygen atoms in total. The SMILES string of the molecule is N=C1C(c2nc(-c3ccc(F)c(F)c3)cs2)=C(O)CN1c1cccc(Cl)c1. The monoisotopic (exact) mass is 403 g/mol. The summed E-state index contributed by atoms with van der Waals surface area (Å²) in [5.74, 6) is -1.76. The van der Waals surface area contributed by atoms with Gasteiger partial charge in [-0.2, -0.15) is 0 Å². The molecule has 2 aromatic carbocycles. The smallest absolute Gasteiger partial charge is 0.159 e. The number of nitrogens with one attached hydrogen (secondary N) is 1. The van der Waals surface area contributed by atoms with Crippen LogP contribution < -0.4 is 4.90 Å². The molecule has 0 amide bonds. The summed E-state index contributed by atoms with van der Waals surface area (Å²) in [6, 6.07) is 10.5. The third kappa shape index (κ3) is 3.20. The second-order valence-electron chi connectivity index (χ2n) is 5.90. The first-order valence-corrected chi connectivity index (χ1v) is 9.15. The van der Waals surface area contributed by atoms with Crippen molar-refractivity contribution in [2.24, 2.45) is 0 Å². The number of nitrogens with zero attached hydrogens (tertiary/aromatic N) is 2. The third-order valence-electron chi connectivity index (χ3n) is 4.16. The first-order valence-electron chi connectivity index (χ1n) is 7.89. The summed E-state index contributed by atoms with van der Waals surface area (Å²) in [7, 11) is 0. The number of aliphatic hydroxyl groups excluding tert-OH is 1. The van der Waals surface area contributed by atoms with Crippen LogP contribution in [0.15, 0.2) is 53.6 Å². The predicted octanol–water partition coefficient (Wildman–Crippen LogP) is 5.51. The Bertz CT molecular complexity index is 1100. The fourth-order valence-corrected chi connectivity index (χ4v) is 3.93. The van der Waals surface area contributed by atoms with Crippen LogP contribution in [0.1, 0.15) is 5.01 Å². The highest BCUT2D eigenvalue weighted by Crippen LogP contribution is 2.35. The molecule has 4 rings (SSSR count). The molecule has 0 unspecified atom stereocenters. The minimum absolute atomic E-state index is 0.0196. The van der Waals surface area contributed by atoms with E-state index in [1.165, 1.54) is 17.4 Å². The lowest BCUT2D eigenvalue weighted by molar-refractivity contribution is 0.411. The number of aliphatic hydroxyl groups is 1. The van der Waals surface area contributed by atoms with E-state index < -0.39 is 11.6 Å². The molecule has 1 aliphatic heterocycles. The van der Waals surface area contributed by atoms with Crippen LogP contribution in [-0.2, 0) is 0 Å². The summed E-state index contributed by atoms with van der Waals surface area (Å²) in [5.41, 5.74) is 1.87. The van der Waals surface area contributed by atoms with Gasteiger partial charge in [0.25, 0.3) is 0 Å². The van der Waals surface area contributed by atoms with Crippen molar-refractivity contribution in [2.75, 3.05) is 11.4 Å². The van der Waals surface area contributed by atoms with Crippen molar-refractivity contribution in [2.45, 2.75) is 0 Å². The van der Waals surface area contributed by atoms with Gasteiger partial charge in [-0.25, -0.2) is 13.8 Å². The predicted molar refractivity (Wildman–Crippen MR) is 104 cm³/mol. The van der Waals surface area contributed by atoms with Crippen molar-refractivity contribution in [3.05, 3.63) is 75.3 Å². The van der Waals surface area contributed by atoms with Gasteiger partial charge in [-0.05, 0) is 36.4 Å². The lowest BCUT2D eigenvalue weighted by Gasteiger charge is -2.18. The first kappa shape index (κ1) is 17.6. The molecular formula is C19H12ClF2N3OS. The zero-order chi connectivity index (χ0) is 19.1. The molecule has 2 N–H and O–H groups in total. The van der Waals surface area contributed by atoms with Crippen molar-refractivity contribution in [3.63, 3.8) is 0 Å². The molecule has 1 aliphatic rings. The summed E-state index contributed by atoms with van der Waals surface area (Å²) in [5, 5.41) is 21.5. The van der Waals surface area contributed by atoms with Crippen molar-refractivity contribution < 1.29 is 13.9 Å². The molecule has 3 aromatic rings. The highest BCUT2D eigenvalue weighted by atomic mass is 35.5. The van der Waals surface area contributed by atoms with Crippen molar-refractivity contribution in [1.29, 1.82) is 5.41 Å². The standard InChI is InChI=1S/C19H12ClF2N3OS/c20-11-2-1-3-12(7-11)25-8-16(26)17(18(25)23)19-24-15(9-27-19)10-4-5-13(21)14(22)6-10/h1-7,9,23,26H,8H2. The number of hydrogen-bond acceptors (Lipinski definition) is 4. The van der Waals surface area contributed by atoms with Gasteiger partial charge < -0.3 is 10.0 Å². The third-order valence-corrected chi connectivity index (χ3v) is 5.25. The normalized spacial score (nSPS) is 14.3. The van der Waals surface area contributed by atoms with Gasteiger partial charge in [0.2, 0.25) is 0 Å². The maximum Gasteiger partial charge on any atom is 0.159 e. The second kappa shape index (κ2) is 6.75. The van der Waals surface area contributed by atoms with Crippen LogP contribution in [0.3, 0.4) is 0 Å². The number of hydrogen-bond donors (Lipinski definition) is 2. The summed E-state index contributed by atoms with van der Waals surface area (Å²) < 4.78 is 26.6. The van der Waals surface area contributed by atoms with Crippen LogP contribution in [0.4, 0.5) is 14.5 Å². The van der Waals surface area contributed by atoms with E-state index in [2.05, 4.69) is 4.98 Å². The van der Waals surface area contributed by atoms with Crippen molar-refractivity contribution in [1.82, 2.24) is 4.98 Å². The Hall–Kier alpha value is -2.77. The summed E-state index contributed by atoms with van der Waals surface area (Å²) in [4.78, 5) is 6.02. The Morgan fingerprint density at radius 3 is 2.70 bits per heavy atom. The molecule has 0 spiro atoms. The number of thiazole rings is 1. The van der Waals surface area contributed by atoms with Crippen molar-refractivity contribution in [3.8, 4) is 11.3 Å². The van der Waals surface area contributed by atoms with E-state index in [1.54, 1.807) is 34.5 Å². The van der Waals surface area contributed by atoms with Crippen LogP contribution in [0.25, 0.3) is 16.8 Å². The van der Waals surface area contributed by atoms with Crippen molar-refractivity contribution >= 4 is 40.0 Å². The average Bonchev–Trinajstić information content (AvgIpc) is 3.22. The van der Waals surface area contributed by atoms with Gasteiger partial charge >= 0.3 is 0 Å². The number of halogens is 3. The molecule has 0 bridgehead atoms. The molecule has 0 radical (unpaired) electrons. The topological polar surface area (TPSA) is 60.2 Å². The molecule has 0 saturated carbocycles. The van der Waals surface area contributed by atoms with Crippen LogP contribution in [0.2, 0.25) is 5.02 Å². The Labute approximate surface area is 162 Å².